The fourth-order valence-corrected chi connectivity index (χ4v) is 0.914. The molecule has 2 nitrogen and oxygen atoms in total. The maximum atomic E-state index is 9.45. The van der Waals surface area contributed by atoms with E-state index in [1.54, 1.807) is 0 Å². The molecule has 0 atom stereocenters. The molecule has 0 aliphatic rings. The normalized spacial score (nSPS) is 9.00. The zero-order valence-electron chi connectivity index (χ0n) is 8.67. The first kappa shape index (κ1) is 14.4. The summed E-state index contributed by atoms with van der Waals surface area (Å²) in [5.74, 6) is -0.0957. The number of alkyl halides is 1. The van der Waals surface area contributed by atoms with Gasteiger partial charge in [0.15, 0.2) is 0 Å². The molecule has 0 bridgehead atoms. The molecule has 1 rings (SSSR count). The van der Waals surface area contributed by atoms with Crippen LogP contribution in [0.2, 0.25) is 0 Å². The molecule has 0 saturated heterocycles. The van der Waals surface area contributed by atoms with Crippen LogP contribution in [0.4, 0.5) is 0 Å². The molecule has 84 valence electrons. The Morgan fingerprint density at radius 3 is 2.27 bits per heavy atom. The predicted octanol–water partition coefficient (Wildman–Crippen LogP) is 2.44. The van der Waals surface area contributed by atoms with Gasteiger partial charge in [-0.05, 0) is 37.2 Å². The summed E-state index contributed by atoms with van der Waals surface area (Å²) in [4.78, 5) is 9.45. The van der Waals surface area contributed by atoms with E-state index in [1.165, 1.54) is 5.56 Å². The first-order valence-electron chi connectivity index (χ1n) is 4.63. The fourth-order valence-electron chi connectivity index (χ4n) is 0.914. The van der Waals surface area contributed by atoms with Gasteiger partial charge in [0, 0.05) is 0 Å². The van der Waals surface area contributed by atoms with Crippen molar-refractivity contribution >= 4 is 28.4 Å². The van der Waals surface area contributed by atoms with Crippen molar-refractivity contribution in [1.82, 2.24) is 5.32 Å². The summed E-state index contributed by atoms with van der Waals surface area (Å²) in [6.45, 7) is 1.06. The number of hydrogen-bond acceptors (Lipinski definition) is 2. The van der Waals surface area contributed by atoms with E-state index in [1.807, 2.05) is 13.1 Å². The second kappa shape index (κ2) is 9.97. The lowest BCUT2D eigenvalue weighted by Crippen LogP contribution is -2.09. The Morgan fingerprint density at radius 1 is 1.33 bits per heavy atom. The molecule has 0 heterocycles. The van der Waals surface area contributed by atoms with E-state index in [-0.39, 0.29) is 5.88 Å². The maximum absolute atomic E-state index is 9.45. The van der Waals surface area contributed by atoms with Crippen molar-refractivity contribution in [3.8, 4) is 0 Å². The number of nitrogens with one attached hydrogen (secondary N) is 1. The lowest BCUT2D eigenvalue weighted by Gasteiger charge is -1.97. The molecular weight excluding hydrogens is 233 g/mol. The third-order valence-electron chi connectivity index (χ3n) is 1.61. The molecule has 0 aromatic heterocycles. The first-order valence-corrected chi connectivity index (χ1v) is 5.54. The van der Waals surface area contributed by atoms with Gasteiger partial charge in [-0.3, -0.25) is 4.79 Å². The monoisotopic (exact) mass is 247 g/mol. The van der Waals surface area contributed by atoms with Crippen molar-refractivity contribution in [2.45, 2.75) is 6.42 Å². The molecule has 0 aliphatic carbocycles. The van der Waals surface area contributed by atoms with Crippen LogP contribution in [0.25, 0.3) is 0 Å². The summed E-state index contributed by atoms with van der Waals surface area (Å²) >= 11 is 9.55. The van der Waals surface area contributed by atoms with Crippen LogP contribution in [0.15, 0.2) is 30.3 Å². The minimum atomic E-state index is -0.508. The summed E-state index contributed by atoms with van der Waals surface area (Å²) in [7, 11) is 1.98. The largest absolute Gasteiger partial charge is 0.319 e. The van der Waals surface area contributed by atoms with Gasteiger partial charge in [-0.2, -0.15) is 0 Å². The SMILES string of the molecule is CNCCc1ccccc1.O=C(Cl)CCl. The summed E-state index contributed by atoms with van der Waals surface area (Å²) in [6.07, 6.45) is 1.12. The number of hydrogen-bond donors (Lipinski definition) is 1. The van der Waals surface area contributed by atoms with Crippen LogP contribution < -0.4 is 5.32 Å². The van der Waals surface area contributed by atoms with Crippen LogP contribution in [0.1, 0.15) is 5.56 Å². The molecule has 15 heavy (non-hydrogen) atoms. The second-order valence-corrected chi connectivity index (χ2v) is 3.52. The Labute approximate surface area is 101 Å². The fraction of sp³-hybridized carbons (Fsp3) is 0.364. The van der Waals surface area contributed by atoms with Gasteiger partial charge in [-0.25, -0.2) is 0 Å². The third-order valence-corrected chi connectivity index (χ3v) is 2.12. The molecule has 4 heteroatoms. The highest BCUT2D eigenvalue weighted by atomic mass is 35.5. The number of carbonyl (C=O) groups excluding carboxylic acids is 1. The number of rotatable bonds is 4. The molecule has 0 aliphatic heterocycles. The molecule has 0 amide bonds. The standard InChI is InChI=1S/C9H13N.C2H2Cl2O/c1-10-8-7-9-5-3-2-4-6-9;3-1-2(4)5/h2-6,10H,7-8H2,1H3;1H2. The molecule has 0 radical (unpaired) electrons. The Hall–Kier alpha value is -0.570. The first-order chi connectivity index (χ1) is 7.20. The average molecular weight is 248 g/mol. The molecule has 0 fully saturated rings. The van der Waals surface area contributed by atoms with Crippen molar-refractivity contribution in [3.63, 3.8) is 0 Å². The van der Waals surface area contributed by atoms with Crippen LogP contribution in [0, 0.1) is 0 Å². The van der Waals surface area contributed by atoms with Gasteiger partial charge in [0.05, 0.1) is 5.88 Å². The summed E-state index contributed by atoms with van der Waals surface area (Å²) in [5.41, 5.74) is 1.40. The van der Waals surface area contributed by atoms with Crippen molar-refractivity contribution in [2.75, 3.05) is 19.5 Å². The van der Waals surface area contributed by atoms with Gasteiger partial charge >= 0.3 is 0 Å². The Morgan fingerprint density at radius 2 is 1.87 bits per heavy atom. The van der Waals surface area contributed by atoms with Gasteiger partial charge in [0.1, 0.15) is 0 Å². The highest BCUT2D eigenvalue weighted by Crippen LogP contribution is 1.97. The second-order valence-electron chi connectivity index (χ2n) is 2.83. The number of carbonyl (C=O) groups is 1. The molecule has 0 saturated carbocycles. The van der Waals surface area contributed by atoms with E-state index in [9.17, 15) is 4.79 Å². The van der Waals surface area contributed by atoms with Crippen LogP contribution in [0.3, 0.4) is 0 Å². The highest BCUT2D eigenvalue weighted by Gasteiger charge is 1.86. The lowest BCUT2D eigenvalue weighted by molar-refractivity contribution is -0.109. The zero-order chi connectivity index (χ0) is 11.5. The molecule has 1 aromatic carbocycles. The van der Waals surface area contributed by atoms with E-state index in [0.717, 1.165) is 13.0 Å². The van der Waals surface area contributed by atoms with Crippen LogP contribution in [0.5, 0.6) is 0 Å². The van der Waals surface area contributed by atoms with E-state index in [4.69, 9.17) is 23.2 Å². The smallest absolute Gasteiger partial charge is 0.236 e. The van der Waals surface area contributed by atoms with Crippen molar-refractivity contribution in [2.24, 2.45) is 0 Å². The van der Waals surface area contributed by atoms with Gasteiger partial charge in [0.2, 0.25) is 5.24 Å². The van der Waals surface area contributed by atoms with Gasteiger partial charge in [-0.1, -0.05) is 30.3 Å². The van der Waals surface area contributed by atoms with E-state index >= 15 is 0 Å². The lowest BCUT2D eigenvalue weighted by atomic mass is 10.2. The molecule has 1 N–H and O–H groups in total. The van der Waals surface area contributed by atoms with Crippen molar-refractivity contribution in [1.29, 1.82) is 0 Å². The third kappa shape index (κ3) is 9.73. The maximum Gasteiger partial charge on any atom is 0.236 e. The van der Waals surface area contributed by atoms with E-state index in [0.29, 0.717) is 0 Å². The predicted molar refractivity (Wildman–Crippen MR) is 65.7 cm³/mol. The Balaban J connectivity index is 0.000000336. The number of halogens is 2. The summed E-state index contributed by atoms with van der Waals surface area (Å²) in [5, 5.41) is 2.61. The van der Waals surface area contributed by atoms with Crippen LogP contribution in [-0.2, 0) is 11.2 Å². The van der Waals surface area contributed by atoms with Crippen molar-refractivity contribution in [3.05, 3.63) is 35.9 Å². The highest BCUT2D eigenvalue weighted by molar-refractivity contribution is 6.67. The van der Waals surface area contributed by atoms with Gasteiger partial charge < -0.3 is 5.32 Å². The van der Waals surface area contributed by atoms with Crippen LogP contribution >= 0.6 is 23.2 Å². The Bertz CT molecular complexity index is 265. The number of likely N-dealkylation sites (N-methyl/N-ethyl adjacent to an activating group) is 1. The zero-order valence-corrected chi connectivity index (χ0v) is 10.2. The number of benzene rings is 1. The minimum Gasteiger partial charge on any atom is -0.319 e. The molecular formula is C11H15Cl2NO. The Kier molecular flexibility index (Phi) is 9.59. The molecule has 0 unspecified atom stereocenters. The van der Waals surface area contributed by atoms with Crippen LogP contribution in [-0.4, -0.2) is 24.7 Å². The summed E-state index contributed by atoms with van der Waals surface area (Å²) in [6, 6.07) is 10.5. The summed E-state index contributed by atoms with van der Waals surface area (Å²) < 4.78 is 0. The van der Waals surface area contributed by atoms with E-state index in [2.05, 4.69) is 29.6 Å². The molecule has 1 aromatic rings. The van der Waals surface area contributed by atoms with Gasteiger partial charge in [0.25, 0.3) is 0 Å². The topological polar surface area (TPSA) is 29.1 Å². The molecule has 0 spiro atoms. The average Bonchev–Trinajstić information content (AvgIpc) is 2.28. The minimum absolute atomic E-state index is 0.0957. The van der Waals surface area contributed by atoms with E-state index < -0.39 is 5.24 Å². The van der Waals surface area contributed by atoms with Crippen molar-refractivity contribution < 1.29 is 4.79 Å². The van der Waals surface area contributed by atoms with Gasteiger partial charge in [-0.15, -0.1) is 11.6 Å². The quantitative estimate of drug-likeness (QED) is 0.655.